The van der Waals surface area contributed by atoms with Crippen molar-refractivity contribution in [3.63, 3.8) is 0 Å². The monoisotopic (exact) mass is 301 g/mol. The van der Waals surface area contributed by atoms with E-state index in [1.807, 2.05) is 6.07 Å². The van der Waals surface area contributed by atoms with Gasteiger partial charge in [-0.15, -0.1) is 0 Å². The molecule has 0 saturated carbocycles. The SMILES string of the molecule is CC(CNC(=O)CCc1ccoc1)(C(=O)O)c1ccccc1. The van der Waals surface area contributed by atoms with Crippen LogP contribution in [0.15, 0.2) is 53.3 Å². The Morgan fingerprint density at radius 3 is 2.55 bits per heavy atom. The number of aliphatic carboxylic acids is 1. The van der Waals surface area contributed by atoms with Gasteiger partial charge < -0.3 is 14.8 Å². The zero-order valence-corrected chi connectivity index (χ0v) is 12.4. The molecule has 1 aromatic heterocycles. The molecule has 5 nitrogen and oxygen atoms in total. The second-order valence-corrected chi connectivity index (χ2v) is 5.41. The molecule has 116 valence electrons. The van der Waals surface area contributed by atoms with Gasteiger partial charge >= 0.3 is 5.97 Å². The highest BCUT2D eigenvalue weighted by Crippen LogP contribution is 2.23. The van der Waals surface area contributed by atoms with E-state index in [1.54, 1.807) is 49.8 Å². The number of nitrogens with one attached hydrogen (secondary N) is 1. The molecular formula is C17H19NO4. The van der Waals surface area contributed by atoms with Crippen LogP contribution < -0.4 is 5.32 Å². The molecule has 1 aromatic carbocycles. The Morgan fingerprint density at radius 1 is 1.23 bits per heavy atom. The van der Waals surface area contributed by atoms with Crippen LogP contribution >= 0.6 is 0 Å². The van der Waals surface area contributed by atoms with Crippen LogP contribution in [0.25, 0.3) is 0 Å². The molecule has 2 rings (SSSR count). The Labute approximate surface area is 129 Å². The number of furan rings is 1. The molecule has 1 amide bonds. The Bertz CT molecular complexity index is 621. The van der Waals surface area contributed by atoms with Crippen molar-refractivity contribution < 1.29 is 19.1 Å². The second-order valence-electron chi connectivity index (χ2n) is 5.41. The maximum atomic E-state index is 11.9. The molecule has 1 unspecified atom stereocenters. The van der Waals surface area contributed by atoms with Crippen LogP contribution in [0.3, 0.4) is 0 Å². The molecule has 0 bridgehead atoms. The first-order chi connectivity index (χ1) is 10.5. The van der Waals surface area contributed by atoms with E-state index in [0.29, 0.717) is 18.4 Å². The summed E-state index contributed by atoms with van der Waals surface area (Å²) in [6.45, 7) is 1.66. The first-order valence-electron chi connectivity index (χ1n) is 7.09. The first-order valence-corrected chi connectivity index (χ1v) is 7.09. The van der Waals surface area contributed by atoms with Crippen LogP contribution in [0, 0.1) is 0 Å². The molecule has 0 radical (unpaired) electrons. The van der Waals surface area contributed by atoms with Crippen LogP contribution in [0.1, 0.15) is 24.5 Å². The molecule has 0 aliphatic carbocycles. The van der Waals surface area contributed by atoms with E-state index in [-0.39, 0.29) is 12.5 Å². The minimum atomic E-state index is -1.15. The molecule has 2 aromatic rings. The van der Waals surface area contributed by atoms with Gasteiger partial charge in [0.1, 0.15) is 5.41 Å². The van der Waals surface area contributed by atoms with Crippen LogP contribution in [-0.4, -0.2) is 23.5 Å². The standard InChI is InChI=1S/C17H19NO4/c1-17(16(20)21,14-5-3-2-4-6-14)12-18-15(19)8-7-13-9-10-22-11-13/h2-6,9-11H,7-8,12H2,1H3,(H,18,19)(H,20,21). The fraction of sp³-hybridized carbons (Fsp3) is 0.294. The quantitative estimate of drug-likeness (QED) is 0.823. The van der Waals surface area contributed by atoms with Gasteiger partial charge in [0.05, 0.1) is 12.5 Å². The average molecular weight is 301 g/mol. The van der Waals surface area contributed by atoms with Gasteiger partial charge in [-0.05, 0) is 30.5 Å². The smallest absolute Gasteiger partial charge is 0.315 e. The summed E-state index contributed by atoms with van der Waals surface area (Å²) in [5, 5.41) is 12.2. The van der Waals surface area contributed by atoms with Gasteiger partial charge in [0.2, 0.25) is 5.91 Å². The van der Waals surface area contributed by atoms with E-state index < -0.39 is 11.4 Å². The third-order valence-corrected chi connectivity index (χ3v) is 3.74. The number of benzene rings is 1. The lowest BCUT2D eigenvalue weighted by Gasteiger charge is -2.25. The third-order valence-electron chi connectivity index (χ3n) is 3.74. The number of carbonyl (C=O) groups excluding carboxylic acids is 1. The fourth-order valence-electron chi connectivity index (χ4n) is 2.16. The summed E-state index contributed by atoms with van der Waals surface area (Å²) in [6.07, 6.45) is 4.02. The molecule has 1 heterocycles. The minimum absolute atomic E-state index is 0.0521. The zero-order chi connectivity index (χ0) is 16.0. The highest BCUT2D eigenvalue weighted by molar-refractivity contribution is 5.83. The average Bonchev–Trinajstić information content (AvgIpc) is 3.04. The molecule has 1 atom stereocenters. The van der Waals surface area contributed by atoms with E-state index in [0.717, 1.165) is 5.56 Å². The summed E-state index contributed by atoms with van der Waals surface area (Å²) >= 11 is 0. The number of carboxylic acid groups (broad SMARTS) is 1. The Morgan fingerprint density at radius 2 is 1.95 bits per heavy atom. The molecule has 0 aliphatic heterocycles. The highest BCUT2D eigenvalue weighted by Gasteiger charge is 2.35. The van der Waals surface area contributed by atoms with Gasteiger partial charge in [-0.3, -0.25) is 9.59 Å². The number of hydrogen-bond acceptors (Lipinski definition) is 3. The summed E-state index contributed by atoms with van der Waals surface area (Å²) in [7, 11) is 0. The fourth-order valence-corrected chi connectivity index (χ4v) is 2.16. The van der Waals surface area contributed by atoms with E-state index in [1.165, 1.54) is 0 Å². The van der Waals surface area contributed by atoms with Crippen molar-refractivity contribution in [1.29, 1.82) is 0 Å². The lowest BCUT2D eigenvalue weighted by Crippen LogP contribution is -2.44. The molecule has 0 spiro atoms. The lowest BCUT2D eigenvalue weighted by molar-refractivity contribution is -0.143. The molecule has 0 fully saturated rings. The summed E-state index contributed by atoms with van der Waals surface area (Å²) in [6, 6.07) is 10.7. The second kappa shape index (κ2) is 6.93. The van der Waals surface area contributed by atoms with Gasteiger partial charge in [0.15, 0.2) is 0 Å². The van der Waals surface area contributed by atoms with Crippen molar-refractivity contribution in [1.82, 2.24) is 5.32 Å². The summed E-state index contributed by atoms with van der Waals surface area (Å²) in [4.78, 5) is 23.5. The van der Waals surface area contributed by atoms with Crippen LogP contribution in [0.4, 0.5) is 0 Å². The van der Waals surface area contributed by atoms with Crippen molar-refractivity contribution in [3.05, 3.63) is 60.1 Å². The number of rotatable bonds is 7. The van der Waals surface area contributed by atoms with Crippen LogP contribution in [0.5, 0.6) is 0 Å². The van der Waals surface area contributed by atoms with Crippen molar-refractivity contribution in [3.8, 4) is 0 Å². The number of aryl methyl sites for hydroxylation is 1. The lowest BCUT2D eigenvalue weighted by atomic mass is 9.82. The summed E-state index contributed by atoms with van der Waals surface area (Å²) in [5.41, 5.74) is 0.462. The Kier molecular flexibility index (Phi) is 4.99. The molecule has 0 saturated heterocycles. The molecule has 0 aliphatic rings. The largest absolute Gasteiger partial charge is 0.481 e. The van der Waals surface area contributed by atoms with Gasteiger partial charge in [-0.2, -0.15) is 0 Å². The first kappa shape index (κ1) is 15.8. The van der Waals surface area contributed by atoms with Gasteiger partial charge in [0, 0.05) is 13.0 Å². The Balaban J connectivity index is 1.94. The van der Waals surface area contributed by atoms with E-state index >= 15 is 0 Å². The van der Waals surface area contributed by atoms with Crippen molar-refractivity contribution >= 4 is 11.9 Å². The number of amides is 1. The number of carboxylic acids is 1. The maximum absolute atomic E-state index is 11.9. The number of carbonyl (C=O) groups is 2. The molecule has 22 heavy (non-hydrogen) atoms. The van der Waals surface area contributed by atoms with Gasteiger partial charge in [0.25, 0.3) is 0 Å². The number of hydrogen-bond donors (Lipinski definition) is 2. The normalized spacial score (nSPS) is 13.3. The van der Waals surface area contributed by atoms with E-state index in [9.17, 15) is 14.7 Å². The predicted molar refractivity (Wildman–Crippen MR) is 81.5 cm³/mol. The van der Waals surface area contributed by atoms with E-state index in [4.69, 9.17) is 4.42 Å². The van der Waals surface area contributed by atoms with Crippen LogP contribution in [-0.2, 0) is 21.4 Å². The molecule has 5 heteroatoms. The third kappa shape index (κ3) is 3.75. The van der Waals surface area contributed by atoms with E-state index in [2.05, 4.69) is 5.32 Å². The Hall–Kier alpha value is -2.56. The van der Waals surface area contributed by atoms with Crippen molar-refractivity contribution in [2.75, 3.05) is 6.54 Å². The van der Waals surface area contributed by atoms with Crippen LogP contribution in [0.2, 0.25) is 0 Å². The van der Waals surface area contributed by atoms with Gasteiger partial charge in [-0.25, -0.2) is 0 Å². The maximum Gasteiger partial charge on any atom is 0.315 e. The predicted octanol–water partition coefficient (Wildman–Crippen LogP) is 2.37. The van der Waals surface area contributed by atoms with Crippen molar-refractivity contribution in [2.45, 2.75) is 25.2 Å². The van der Waals surface area contributed by atoms with Gasteiger partial charge in [-0.1, -0.05) is 30.3 Å². The van der Waals surface area contributed by atoms with Crippen molar-refractivity contribution in [2.24, 2.45) is 0 Å². The summed E-state index contributed by atoms with van der Waals surface area (Å²) < 4.78 is 4.94. The molecule has 2 N–H and O–H groups in total. The zero-order valence-electron chi connectivity index (χ0n) is 12.4. The topological polar surface area (TPSA) is 79.5 Å². The summed E-state index contributed by atoms with van der Waals surface area (Å²) in [5.74, 6) is -1.14. The minimum Gasteiger partial charge on any atom is -0.481 e. The molecular weight excluding hydrogens is 282 g/mol. The highest BCUT2D eigenvalue weighted by atomic mass is 16.4.